The molecule has 4 aromatic rings. The predicted molar refractivity (Wildman–Crippen MR) is 125 cm³/mol. The topological polar surface area (TPSA) is 98.5 Å². The van der Waals surface area contributed by atoms with Crippen LogP contribution in [-0.4, -0.2) is 35.2 Å². The number of amides is 1. The molecule has 2 aromatic heterocycles. The molecule has 2 heterocycles. The molecule has 8 nitrogen and oxygen atoms in total. The van der Waals surface area contributed by atoms with Gasteiger partial charge in [-0.05, 0) is 67.2 Å². The maximum absolute atomic E-state index is 12.6. The monoisotopic (exact) mass is 448 g/mol. The highest BCUT2D eigenvalue weighted by molar-refractivity contribution is 7.80. The van der Waals surface area contributed by atoms with Crippen molar-refractivity contribution in [3.05, 3.63) is 65.9 Å². The number of carbonyl (C=O) groups excluding carboxylic acids is 1. The molecule has 0 spiro atoms. The molecule has 0 unspecified atom stereocenters. The first-order valence-corrected chi connectivity index (χ1v) is 10.1. The number of aryl methyl sites for hydroxylation is 1. The average Bonchev–Trinajstić information content (AvgIpc) is 3.24. The fraction of sp³-hybridized carbons (Fsp3) is 0.130. The molecule has 0 saturated heterocycles. The highest BCUT2D eigenvalue weighted by atomic mass is 32.1. The second-order valence-electron chi connectivity index (χ2n) is 6.85. The molecular formula is C23H20N4O4S. The number of carbonyl (C=O) groups is 1. The van der Waals surface area contributed by atoms with E-state index in [1.807, 2.05) is 31.2 Å². The van der Waals surface area contributed by atoms with Gasteiger partial charge in [0.25, 0.3) is 5.91 Å². The Bertz CT molecular complexity index is 1290. The molecule has 0 aliphatic carbocycles. The van der Waals surface area contributed by atoms with Crippen molar-refractivity contribution in [2.45, 2.75) is 6.92 Å². The van der Waals surface area contributed by atoms with E-state index in [0.717, 1.165) is 16.8 Å². The van der Waals surface area contributed by atoms with E-state index < -0.39 is 0 Å². The third kappa shape index (κ3) is 4.37. The number of pyridine rings is 1. The zero-order valence-corrected chi connectivity index (χ0v) is 18.4. The van der Waals surface area contributed by atoms with Gasteiger partial charge in [0.1, 0.15) is 0 Å². The summed E-state index contributed by atoms with van der Waals surface area (Å²) in [5.74, 6) is 1.06. The van der Waals surface area contributed by atoms with Crippen molar-refractivity contribution in [1.29, 1.82) is 0 Å². The summed E-state index contributed by atoms with van der Waals surface area (Å²) in [6.07, 6.45) is 1.66. The van der Waals surface area contributed by atoms with Gasteiger partial charge < -0.3 is 19.2 Å². The molecular weight excluding hydrogens is 428 g/mol. The van der Waals surface area contributed by atoms with E-state index >= 15 is 0 Å². The zero-order chi connectivity index (χ0) is 22.7. The molecule has 0 atom stereocenters. The van der Waals surface area contributed by atoms with Gasteiger partial charge in [0.15, 0.2) is 27.8 Å². The molecule has 162 valence electrons. The van der Waals surface area contributed by atoms with Crippen molar-refractivity contribution in [3.63, 3.8) is 0 Å². The van der Waals surface area contributed by atoms with Crippen LogP contribution in [0.1, 0.15) is 15.9 Å². The smallest absolute Gasteiger partial charge is 0.257 e. The molecule has 2 aromatic carbocycles. The molecule has 0 bridgehead atoms. The lowest BCUT2D eigenvalue weighted by Gasteiger charge is -2.13. The van der Waals surface area contributed by atoms with Crippen LogP contribution < -0.4 is 20.1 Å². The highest BCUT2D eigenvalue weighted by Crippen LogP contribution is 2.28. The first kappa shape index (κ1) is 21.3. The minimum absolute atomic E-state index is 0.157. The van der Waals surface area contributed by atoms with Gasteiger partial charge >= 0.3 is 0 Å². The van der Waals surface area contributed by atoms with Gasteiger partial charge in [-0.1, -0.05) is 6.07 Å². The fourth-order valence-electron chi connectivity index (χ4n) is 3.09. The Morgan fingerprint density at radius 2 is 1.88 bits per heavy atom. The van der Waals surface area contributed by atoms with E-state index in [1.54, 1.807) is 30.5 Å². The van der Waals surface area contributed by atoms with Crippen LogP contribution in [0.2, 0.25) is 0 Å². The van der Waals surface area contributed by atoms with Crippen LogP contribution in [0.25, 0.3) is 22.7 Å². The highest BCUT2D eigenvalue weighted by Gasteiger charge is 2.14. The Kier molecular flexibility index (Phi) is 6.00. The van der Waals surface area contributed by atoms with E-state index in [1.165, 1.54) is 14.2 Å². The van der Waals surface area contributed by atoms with Crippen LogP contribution in [0.15, 0.2) is 59.1 Å². The lowest BCUT2D eigenvalue weighted by molar-refractivity contribution is 0.0977. The number of thiocarbonyl (C=S) groups is 1. The van der Waals surface area contributed by atoms with E-state index in [-0.39, 0.29) is 11.0 Å². The molecule has 0 radical (unpaired) electrons. The second-order valence-corrected chi connectivity index (χ2v) is 7.26. The second kappa shape index (κ2) is 9.03. The minimum Gasteiger partial charge on any atom is -0.493 e. The number of anilines is 1. The van der Waals surface area contributed by atoms with Crippen molar-refractivity contribution in [2.24, 2.45) is 0 Å². The molecule has 0 aliphatic rings. The van der Waals surface area contributed by atoms with Gasteiger partial charge in [-0.3, -0.25) is 10.1 Å². The molecule has 32 heavy (non-hydrogen) atoms. The number of fused-ring (bicyclic) bond motifs is 1. The summed E-state index contributed by atoms with van der Waals surface area (Å²) in [6, 6.07) is 14.2. The Hall–Kier alpha value is -3.98. The number of oxazole rings is 1. The molecule has 0 fully saturated rings. The number of nitrogens with one attached hydrogen (secondary N) is 2. The quantitative estimate of drug-likeness (QED) is 0.435. The van der Waals surface area contributed by atoms with Crippen molar-refractivity contribution in [1.82, 2.24) is 15.3 Å². The summed E-state index contributed by atoms with van der Waals surface area (Å²) in [5.41, 5.74) is 3.94. The number of methoxy groups -OCH3 is 2. The Morgan fingerprint density at radius 3 is 2.62 bits per heavy atom. The van der Waals surface area contributed by atoms with E-state index in [4.69, 9.17) is 26.1 Å². The fourth-order valence-corrected chi connectivity index (χ4v) is 3.29. The minimum atomic E-state index is -0.373. The van der Waals surface area contributed by atoms with Crippen molar-refractivity contribution in [2.75, 3.05) is 19.5 Å². The van der Waals surface area contributed by atoms with Crippen LogP contribution in [0, 0.1) is 6.92 Å². The van der Waals surface area contributed by atoms with Crippen LogP contribution in [0.3, 0.4) is 0 Å². The molecule has 0 aliphatic heterocycles. The van der Waals surface area contributed by atoms with Gasteiger partial charge in [0, 0.05) is 23.0 Å². The molecule has 9 heteroatoms. The first-order chi connectivity index (χ1) is 15.5. The van der Waals surface area contributed by atoms with Gasteiger partial charge in [-0.2, -0.15) is 4.98 Å². The lowest BCUT2D eigenvalue weighted by atomic mass is 10.1. The van der Waals surface area contributed by atoms with Crippen LogP contribution >= 0.6 is 12.2 Å². The molecule has 1 amide bonds. The Labute approximate surface area is 189 Å². The summed E-state index contributed by atoms with van der Waals surface area (Å²) in [7, 11) is 3.04. The number of nitrogens with zero attached hydrogens (tertiary/aromatic N) is 2. The van der Waals surface area contributed by atoms with Crippen LogP contribution in [0.4, 0.5) is 5.69 Å². The van der Waals surface area contributed by atoms with Crippen molar-refractivity contribution < 1.29 is 18.7 Å². The van der Waals surface area contributed by atoms with Crippen molar-refractivity contribution in [3.8, 4) is 23.0 Å². The number of hydrogen-bond acceptors (Lipinski definition) is 7. The molecule has 0 saturated carbocycles. The lowest BCUT2D eigenvalue weighted by Crippen LogP contribution is -2.34. The predicted octanol–water partition coefficient (Wildman–Crippen LogP) is 4.34. The number of ether oxygens (including phenoxy) is 2. The zero-order valence-electron chi connectivity index (χ0n) is 17.6. The molecule has 2 N–H and O–H groups in total. The number of hydrogen-bond donors (Lipinski definition) is 2. The average molecular weight is 449 g/mol. The largest absolute Gasteiger partial charge is 0.493 e. The SMILES string of the molecule is COc1ccc(C(=O)NC(=S)Nc2cc(-c3nc4ncccc4o3)ccc2C)cc1OC. The summed E-state index contributed by atoms with van der Waals surface area (Å²) in [6.45, 7) is 1.93. The maximum Gasteiger partial charge on any atom is 0.257 e. The third-order valence-corrected chi connectivity index (χ3v) is 4.97. The Morgan fingerprint density at radius 1 is 1.06 bits per heavy atom. The normalized spacial score (nSPS) is 10.6. The third-order valence-electron chi connectivity index (χ3n) is 4.77. The number of aromatic nitrogens is 2. The number of benzene rings is 2. The van der Waals surface area contributed by atoms with E-state index in [0.29, 0.717) is 34.2 Å². The van der Waals surface area contributed by atoms with Gasteiger partial charge in [-0.15, -0.1) is 0 Å². The first-order valence-electron chi connectivity index (χ1n) is 9.65. The molecule has 4 rings (SSSR count). The maximum atomic E-state index is 12.6. The number of rotatable bonds is 5. The summed E-state index contributed by atoms with van der Waals surface area (Å²) in [5, 5.41) is 5.90. The summed E-state index contributed by atoms with van der Waals surface area (Å²) < 4.78 is 16.2. The summed E-state index contributed by atoms with van der Waals surface area (Å²) >= 11 is 5.35. The van der Waals surface area contributed by atoms with Crippen LogP contribution in [-0.2, 0) is 0 Å². The van der Waals surface area contributed by atoms with Crippen LogP contribution in [0.5, 0.6) is 11.5 Å². The van der Waals surface area contributed by atoms with Gasteiger partial charge in [0.2, 0.25) is 5.89 Å². The van der Waals surface area contributed by atoms with E-state index in [9.17, 15) is 4.79 Å². The Balaban J connectivity index is 1.50. The van der Waals surface area contributed by atoms with Gasteiger partial charge in [-0.25, -0.2) is 4.98 Å². The standard InChI is InChI=1S/C23H20N4O4S/c1-13-6-7-15(22-26-20-18(31-22)5-4-10-24-20)11-16(13)25-23(32)27-21(28)14-8-9-17(29-2)19(12-14)30-3/h4-12H,1-3H3,(H2,25,27,28,32). The summed E-state index contributed by atoms with van der Waals surface area (Å²) in [4.78, 5) is 21.2. The van der Waals surface area contributed by atoms with Gasteiger partial charge in [0.05, 0.1) is 14.2 Å². The van der Waals surface area contributed by atoms with Crippen molar-refractivity contribution >= 4 is 40.2 Å². The van der Waals surface area contributed by atoms with E-state index in [2.05, 4.69) is 20.6 Å².